The van der Waals surface area contributed by atoms with E-state index >= 15 is 0 Å². The van der Waals surface area contributed by atoms with Crippen molar-refractivity contribution in [1.82, 2.24) is 14.9 Å². The number of aromatic nitrogens is 2. The van der Waals surface area contributed by atoms with Crippen LogP contribution in [0.25, 0.3) is 11.3 Å². The molecule has 3 aromatic rings. The molecule has 0 atom stereocenters. The minimum absolute atomic E-state index is 0.462. The summed E-state index contributed by atoms with van der Waals surface area (Å²) in [4.78, 5) is 11.7. The maximum atomic E-state index is 6.18. The number of likely N-dealkylation sites (tertiary alicyclic amines) is 1. The van der Waals surface area contributed by atoms with Gasteiger partial charge in [-0.2, -0.15) is 0 Å². The highest BCUT2D eigenvalue weighted by molar-refractivity contribution is 5.64. The zero-order chi connectivity index (χ0) is 24.4. The lowest BCUT2D eigenvalue weighted by Crippen LogP contribution is -2.22. The van der Waals surface area contributed by atoms with Gasteiger partial charge in [0.2, 0.25) is 5.95 Å². The van der Waals surface area contributed by atoms with E-state index in [1.165, 1.54) is 25.9 Å². The van der Waals surface area contributed by atoms with Crippen molar-refractivity contribution in [3.05, 3.63) is 72.4 Å². The Labute approximate surface area is 213 Å². The average Bonchev–Trinajstić information content (AvgIpc) is 3.43. The first-order chi connectivity index (χ1) is 17.8. The number of rotatable bonds is 5. The number of nitrogens with zero attached hydrogens (tertiary/aromatic N) is 3. The van der Waals surface area contributed by atoms with Gasteiger partial charge in [-0.25, -0.2) is 9.97 Å². The average molecular weight is 487 g/mol. The molecule has 1 N–H and O–H groups in total. The molecule has 0 saturated carbocycles. The second-order valence-corrected chi connectivity index (χ2v) is 9.12. The molecular formula is C29H34N4O3. The predicted molar refractivity (Wildman–Crippen MR) is 142 cm³/mol. The zero-order valence-electron chi connectivity index (χ0n) is 20.7. The number of anilines is 2. The van der Waals surface area contributed by atoms with E-state index in [1.54, 1.807) is 6.20 Å². The molecule has 7 heteroatoms. The number of hydrogen-bond acceptors (Lipinski definition) is 7. The third-order valence-corrected chi connectivity index (χ3v) is 6.37. The van der Waals surface area contributed by atoms with Gasteiger partial charge in [0.1, 0.15) is 11.5 Å². The molecule has 0 unspecified atom stereocenters. The fourth-order valence-corrected chi connectivity index (χ4v) is 4.51. The topological polar surface area (TPSA) is 68.7 Å². The minimum atomic E-state index is 0.462. The molecule has 188 valence electrons. The molecule has 1 saturated heterocycles. The molecule has 0 radical (unpaired) electrons. The molecule has 3 heterocycles. The highest BCUT2D eigenvalue weighted by Gasteiger charge is 2.12. The highest BCUT2D eigenvalue weighted by atomic mass is 16.5. The minimum Gasteiger partial charge on any atom is -0.493 e. The second-order valence-electron chi connectivity index (χ2n) is 9.12. The van der Waals surface area contributed by atoms with Crippen LogP contribution in [0, 0.1) is 0 Å². The van der Waals surface area contributed by atoms with Crippen LogP contribution >= 0.6 is 0 Å². The van der Waals surface area contributed by atoms with Gasteiger partial charge in [0.15, 0.2) is 0 Å². The number of benzene rings is 2. The van der Waals surface area contributed by atoms with Gasteiger partial charge in [-0.3, -0.25) is 0 Å². The predicted octanol–water partition coefficient (Wildman–Crippen LogP) is 5.61. The van der Waals surface area contributed by atoms with E-state index in [4.69, 9.17) is 19.2 Å². The molecule has 0 aliphatic carbocycles. The summed E-state index contributed by atoms with van der Waals surface area (Å²) < 4.78 is 18.1. The lowest BCUT2D eigenvalue weighted by Gasteiger charge is -2.16. The Balaban J connectivity index is 1.33. The van der Waals surface area contributed by atoms with Crippen molar-refractivity contribution in [3.63, 3.8) is 0 Å². The van der Waals surface area contributed by atoms with E-state index < -0.39 is 0 Å². The second kappa shape index (κ2) is 12.5. The van der Waals surface area contributed by atoms with Gasteiger partial charge >= 0.3 is 0 Å². The summed E-state index contributed by atoms with van der Waals surface area (Å²) in [5.74, 6) is 2.22. The molecule has 1 aromatic heterocycles. The summed E-state index contributed by atoms with van der Waals surface area (Å²) in [6.07, 6.45) is 10.4. The standard InChI is InChI=1S/C29H34N4O3/c1-4-17-34-22-24-20-25(10-11-28(24)36-19-7-16-33-14-2-3-15-33)31-29-30-13-12-27(32-29)23-8-6-9-26(21-23)35-18-5-1/h1,4,6,8-13,20-21H,2-3,5,7,14-19,22H2,(H,30,31,32)/b4-1-. The van der Waals surface area contributed by atoms with E-state index in [1.807, 2.05) is 48.5 Å². The molecule has 7 nitrogen and oxygen atoms in total. The lowest BCUT2D eigenvalue weighted by molar-refractivity contribution is 0.144. The summed E-state index contributed by atoms with van der Waals surface area (Å²) in [6.45, 7) is 5.82. The van der Waals surface area contributed by atoms with Gasteiger partial charge in [-0.05, 0) is 75.2 Å². The Hall–Kier alpha value is -3.42. The van der Waals surface area contributed by atoms with Gasteiger partial charge in [0.25, 0.3) is 0 Å². The first-order valence-electron chi connectivity index (χ1n) is 12.9. The SMILES string of the molecule is C1=C\COCc2cc(ccc2OCCCN2CCCC2)Nc2nccc(n2)-c2cccc(c2)OCC/1. The molecule has 36 heavy (non-hydrogen) atoms. The Bertz CT molecular complexity index is 1160. The lowest BCUT2D eigenvalue weighted by atomic mass is 10.1. The molecule has 2 aromatic carbocycles. The van der Waals surface area contributed by atoms with Crippen molar-refractivity contribution in [1.29, 1.82) is 0 Å². The summed E-state index contributed by atoms with van der Waals surface area (Å²) in [7, 11) is 0. The summed E-state index contributed by atoms with van der Waals surface area (Å²) >= 11 is 0. The van der Waals surface area contributed by atoms with Crippen molar-refractivity contribution in [2.45, 2.75) is 32.3 Å². The van der Waals surface area contributed by atoms with Crippen LogP contribution in [-0.4, -0.2) is 54.3 Å². The quantitative estimate of drug-likeness (QED) is 0.371. The van der Waals surface area contributed by atoms with E-state index in [9.17, 15) is 0 Å². The van der Waals surface area contributed by atoms with Crippen LogP contribution in [0.1, 0.15) is 31.2 Å². The number of fused-ring (bicyclic) bond motifs is 7. The number of nitrogens with one attached hydrogen (secondary N) is 1. The van der Waals surface area contributed by atoms with Gasteiger partial charge < -0.3 is 24.4 Å². The van der Waals surface area contributed by atoms with E-state index in [0.717, 1.165) is 53.4 Å². The highest BCUT2D eigenvalue weighted by Crippen LogP contribution is 2.27. The van der Waals surface area contributed by atoms with Crippen LogP contribution in [0.15, 0.2) is 66.9 Å². The van der Waals surface area contributed by atoms with Crippen molar-refractivity contribution in [2.24, 2.45) is 0 Å². The molecule has 0 amide bonds. The third kappa shape index (κ3) is 6.83. The Morgan fingerprint density at radius 1 is 1.03 bits per heavy atom. The fourth-order valence-electron chi connectivity index (χ4n) is 4.51. The normalized spacial score (nSPS) is 17.3. The number of hydrogen-bond donors (Lipinski definition) is 1. The maximum Gasteiger partial charge on any atom is 0.227 e. The van der Waals surface area contributed by atoms with Crippen LogP contribution < -0.4 is 14.8 Å². The van der Waals surface area contributed by atoms with E-state index in [2.05, 4.69) is 27.3 Å². The van der Waals surface area contributed by atoms with Gasteiger partial charge in [0.05, 0.1) is 32.1 Å². The zero-order valence-corrected chi connectivity index (χ0v) is 20.7. The molecule has 1 fully saturated rings. The maximum absolute atomic E-state index is 6.18. The van der Waals surface area contributed by atoms with Crippen LogP contribution in [-0.2, 0) is 11.3 Å². The fraction of sp³-hybridized carbons (Fsp3) is 0.379. The van der Waals surface area contributed by atoms with Crippen LogP contribution in [0.5, 0.6) is 11.5 Å². The smallest absolute Gasteiger partial charge is 0.227 e. The third-order valence-electron chi connectivity index (χ3n) is 6.37. The van der Waals surface area contributed by atoms with Gasteiger partial charge in [-0.1, -0.05) is 24.3 Å². The van der Waals surface area contributed by atoms with Crippen LogP contribution in [0.4, 0.5) is 11.6 Å². The molecule has 5 rings (SSSR count). The molecule has 2 aliphatic rings. The van der Waals surface area contributed by atoms with Gasteiger partial charge in [0, 0.05) is 29.6 Å². The van der Waals surface area contributed by atoms with Gasteiger partial charge in [-0.15, -0.1) is 0 Å². The Kier molecular flexibility index (Phi) is 8.44. The van der Waals surface area contributed by atoms with Crippen molar-refractivity contribution >= 4 is 11.6 Å². The summed E-state index contributed by atoms with van der Waals surface area (Å²) in [6, 6.07) is 16.0. The molecule has 0 spiro atoms. The first-order valence-corrected chi connectivity index (χ1v) is 12.9. The largest absolute Gasteiger partial charge is 0.493 e. The van der Waals surface area contributed by atoms with Crippen molar-refractivity contribution in [2.75, 3.05) is 44.8 Å². The van der Waals surface area contributed by atoms with Crippen molar-refractivity contribution in [3.8, 4) is 22.8 Å². The molecular weight excluding hydrogens is 452 g/mol. The Morgan fingerprint density at radius 3 is 2.92 bits per heavy atom. The summed E-state index contributed by atoms with van der Waals surface area (Å²) in [5.41, 5.74) is 3.72. The van der Waals surface area contributed by atoms with Crippen molar-refractivity contribution < 1.29 is 14.2 Å². The summed E-state index contributed by atoms with van der Waals surface area (Å²) in [5, 5.41) is 3.34. The first kappa shape index (κ1) is 24.3. The number of ether oxygens (including phenoxy) is 3. The molecule has 6 bridgehead atoms. The molecule has 2 aliphatic heterocycles. The van der Waals surface area contributed by atoms with Crippen LogP contribution in [0.2, 0.25) is 0 Å². The van der Waals surface area contributed by atoms with E-state index in [-0.39, 0.29) is 0 Å². The monoisotopic (exact) mass is 486 g/mol. The van der Waals surface area contributed by atoms with Crippen LogP contribution in [0.3, 0.4) is 0 Å². The van der Waals surface area contributed by atoms with E-state index in [0.29, 0.717) is 32.4 Å². The Morgan fingerprint density at radius 2 is 1.97 bits per heavy atom.